The predicted octanol–water partition coefficient (Wildman–Crippen LogP) is 0.676. The van der Waals surface area contributed by atoms with Crippen molar-refractivity contribution in [3.05, 3.63) is 26.5 Å². The number of nitrogens with zero attached hydrogens (tertiary/aromatic N) is 3. The van der Waals surface area contributed by atoms with Crippen LogP contribution in [0.2, 0.25) is 0 Å². The summed E-state index contributed by atoms with van der Waals surface area (Å²) in [6.07, 6.45) is 0. The molecule has 18 heavy (non-hydrogen) atoms. The van der Waals surface area contributed by atoms with E-state index in [1.54, 1.807) is 14.0 Å². The van der Waals surface area contributed by atoms with Crippen LogP contribution in [0.3, 0.4) is 0 Å². The molecule has 1 aromatic heterocycles. The minimum atomic E-state index is -0.335. The molecule has 0 bridgehead atoms. The van der Waals surface area contributed by atoms with Crippen molar-refractivity contribution in [3.63, 3.8) is 0 Å². The first-order valence-corrected chi connectivity index (χ1v) is 6.66. The summed E-state index contributed by atoms with van der Waals surface area (Å²) in [5, 5.41) is 0. The van der Waals surface area contributed by atoms with E-state index in [0.29, 0.717) is 36.2 Å². The Balaban J connectivity index is 3.47. The Kier molecular flexibility index (Phi) is 5.28. The van der Waals surface area contributed by atoms with Crippen LogP contribution in [0.1, 0.15) is 5.69 Å². The quantitative estimate of drug-likeness (QED) is 0.750. The van der Waals surface area contributed by atoms with Crippen molar-refractivity contribution in [2.24, 2.45) is 14.1 Å². The Morgan fingerprint density at radius 1 is 1.06 bits per heavy atom. The van der Waals surface area contributed by atoms with Gasteiger partial charge < -0.3 is 4.90 Å². The molecule has 5 nitrogen and oxygen atoms in total. The van der Waals surface area contributed by atoms with Crippen molar-refractivity contribution < 1.29 is 0 Å². The minimum Gasteiger partial charge on any atom is -0.363 e. The maximum atomic E-state index is 12.2. The van der Waals surface area contributed by atoms with Crippen LogP contribution < -0.4 is 16.1 Å². The molecule has 0 unspecified atom stereocenters. The van der Waals surface area contributed by atoms with Crippen LogP contribution in [0, 0.1) is 6.92 Å². The molecule has 1 heterocycles. The normalized spacial score (nSPS) is 10.7. The molecule has 0 aliphatic rings. The molecule has 0 amide bonds. The van der Waals surface area contributed by atoms with Crippen molar-refractivity contribution in [1.82, 2.24) is 9.13 Å². The van der Waals surface area contributed by atoms with E-state index in [4.69, 9.17) is 23.2 Å². The molecule has 0 radical (unpaired) electrons. The highest BCUT2D eigenvalue weighted by Gasteiger charge is 2.17. The number of hydrogen-bond donors (Lipinski definition) is 0. The van der Waals surface area contributed by atoms with E-state index in [9.17, 15) is 9.59 Å². The molecule has 0 atom stereocenters. The Labute approximate surface area is 116 Å². The first kappa shape index (κ1) is 15.1. The van der Waals surface area contributed by atoms with Crippen molar-refractivity contribution in [3.8, 4) is 0 Å². The van der Waals surface area contributed by atoms with Gasteiger partial charge >= 0.3 is 5.69 Å². The molecule has 1 aromatic rings. The smallest absolute Gasteiger partial charge is 0.330 e. The maximum absolute atomic E-state index is 12.2. The summed E-state index contributed by atoms with van der Waals surface area (Å²) < 4.78 is 2.55. The van der Waals surface area contributed by atoms with E-state index in [1.165, 1.54) is 11.6 Å². The lowest BCUT2D eigenvalue weighted by atomic mass is 10.3. The van der Waals surface area contributed by atoms with Gasteiger partial charge in [0, 0.05) is 44.6 Å². The summed E-state index contributed by atoms with van der Waals surface area (Å²) in [4.78, 5) is 25.7. The fourth-order valence-electron chi connectivity index (χ4n) is 1.83. The summed E-state index contributed by atoms with van der Waals surface area (Å²) >= 11 is 11.5. The summed E-state index contributed by atoms with van der Waals surface area (Å²) in [5.74, 6) is 0.782. The standard InChI is InChI=1S/C11H17Cl2N3O2/c1-8-9(16(6-4-12)7-5-13)10(17)15(3)11(18)14(8)2/h4-7H2,1-3H3. The lowest BCUT2D eigenvalue weighted by Gasteiger charge is -2.25. The van der Waals surface area contributed by atoms with Gasteiger partial charge in [-0.25, -0.2) is 4.79 Å². The van der Waals surface area contributed by atoms with Crippen LogP contribution in [0.25, 0.3) is 0 Å². The lowest BCUT2D eigenvalue weighted by Crippen LogP contribution is -2.43. The molecule has 0 N–H and O–H groups in total. The minimum absolute atomic E-state index is 0.314. The van der Waals surface area contributed by atoms with Crippen molar-refractivity contribution in [1.29, 1.82) is 0 Å². The summed E-state index contributed by atoms with van der Waals surface area (Å²) in [7, 11) is 3.10. The fourth-order valence-corrected chi connectivity index (χ4v) is 2.24. The molecule has 7 heteroatoms. The number of alkyl halides is 2. The molecule has 0 saturated heterocycles. The van der Waals surface area contributed by atoms with Crippen LogP contribution in [-0.2, 0) is 14.1 Å². The Bertz CT molecular complexity index is 530. The zero-order chi connectivity index (χ0) is 13.9. The van der Waals surface area contributed by atoms with E-state index >= 15 is 0 Å². The third-order valence-corrected chi connectivity index (χ3v) is 3.29. The second-order valence-corrected chi connectivity index (χ2v) is 4.76. The number of hydrogen-bond acceptors (Lipinski definition) is 3. The zero-order valence-corrected chi connectivity index (χ0v) is 12.3. The van der Waals surface area contributed by atoms with E-state index in [-0.39, 0.29) is 11.2 Å². The second kappa shape index (κ2) is 6.29. The van der Waals surface area contributed by atoms with Gasteiger partial charge in [0.25, 0.3) is 5.56 Å². The van der Waals surface area contributed by atoms with Crippen LogP contribution in [0.4, 0.5) is 5.69 Å². The van der Waals surface area contributed by atoms with Crippen molar-refractivity contribution in [2.45, 2.75) is 6.92 Å². The summed E-state index contributed by atoms with van der Waals surface area (Å²) in [6.45, 7) is 2.78. The van der Waals surface area contributed by atoms with Crippen LogP contribution in [0.5, 0.6) is 0 Å². The monoisotopic (exact) mass is 293 g/mol. The zero-order valence-electron chi connectivity index (χ0n) is 10.7. The van der Waals surface area contributed by atoms with Crippen molar-refractivity contribution >= 4 is 28.9 Å². The molecule has 0 spiro atoms. The van der Waals surface area contributed by atoms with Gasteiger partial charge in [0.2, 0.25) is 0 Å². The largest absolute Gasteiger partial charge is 0.363 e. The van der Waals surface area contributed by atoms with Gasteiger partial charge in [0.1, 0.15) is 5.69 Å². The van der Waals surface area contributed by atoms with Gasteiger partial charge in [-0.15, -0.1) is 23.2 Å². The van der Waals surface area contributed by atoms with Crippen LogP contribution in [0.15, 0.2) is 9.59 Å². The van der Waals surface area contributed by atoms with Gasteiger partial charge in [0.15, 0.2) is 0 Å². The SMILES string of the molecule is Cc1c(N(CCCl)CCCl)c(=O)n(C)c(=O)n1C. The molecule has 102 valence electrons. The molecule has 0 aliphatic heterocycles. The first-order chi connectivity index (χ1) is 8.45. The van der Waals surface area contributed by atoms with Gasteiger partial charge in [0.05, 0.1) is 0 Å². The predicted molar refractivity (Wildman–Crippen MR) is 75.3 cm³/mol. The average molecular weight is 294 g/mol. The molecule has 0 aromatic carbocycles. The number of halogens is 2. The highest BCUT2D eigenvalue weighted by atomic mass is 35.5. The Hall–Kier alpha value is -0.940. The van der Waals surface area contributed by atoms with E-state index in [1.807, 2.05) is 4.90 Å². The molecule has 0 saturated carbocycles. The molecule has 0 fully saturated rings. The maximum Gasteiger partial charge on any atom is 0.330 e. The summed E-state index contributed by atoms with van der Waals surface area (Å²) in [6, 6.07) is 0. The van der Waals surface area contributed by atoms with E-state index in [2.05, 4.69) is 0 Å². The van der Waals surface area contributed by atoms with Crippen LogP contribution in [-0.4, -0.2) is 34.0 Å². The van der Waals surface area contributed by atoms with Gasteiger partial charge in [-0.1, -0.05) is 0 Å². The molecular weight excluding hydrogens is 277 g/mol. The van der Waals surface area contributed by atoms with Gasteiger partial charge in [-0.05, 0) is 6.92 Å². The topological polar surface area (TPSA) is 47.2 Å². The molecule has 0 aliphatic carbocycles. The number of anilines is 1. The lowest BCUT2D eigenvalue weighted by molar-refractivity contribution is 0.657. The number of aromatic nitrogens is 2. The van der Waals surface area contributed by atoms with Gasteiger partial charge in [-0.2, -0.15) is 0 Å². The Morgan fingerprint density at radius 3 is 2.00 bits per heavy atom. The summed E-state index contributed by atoms with van der Waals surface area (Å²) in [5.41, 5.74) is 0.461. The fraction of sp³-hybridized carbons (Fsp3) is 0.636. The molecule has 1 rings (SSSR count). The Morgan fingerprint density at radius 2 is 1.56 bits per heavy atom. The molecular formula is C11H17Cl2N3O2. The van der Waals surface area contributed by atoms with Crippen LogP contribution >= 0.6 is 23.2 Å². The first-order valence-electron chi connectivity index (χ1n) is 5.59. The van der Waals surface area contributed by atoms with Gasteiger partial charge in [-0.3, -0.25) is 13.9 Å². The number of rotatable bonds is 5. The van der Waals surface area contributed by atoms with E-state index in [0.717, 1.165) is 4.57 Å². The highest BCUT2D eigenvalue weighted by Crippen LogP contribution is 2.12. The van der Waals surface area contributed by atoms with Crippen molar-refractivity contribution in [2.75, 3.05) is 29.7 Å². The average Bonchev–Trinajstić information content (AvgIpc) is 2.35. The van der Waals surface area contributed by atoms with E-state index < -0.39 is 0 Å². The highest BCUT2D eigenvalue weighted by molar-refractivity contribution is 6.18. The third kappa shape index (κ3) is 2.72. The third-order valence-electron chi connectivity index (χ3n) is 2.95. The second-order valence-electron chi connectivity index (χ2n) is 4.00.